The van der Waals surface area contributed by atoms with E-state index < -0.39 is 0 Å². The lowest BCUT2D eigenvalue weighted by Gasteiger charge is -2.52. The molecule has 4 unspecified atom stereocenters. The van der Waals surface area contributed by atoms with E-state index in [2.05, 4.69) is 20.8 Å². The zero-order valence-corrected chi connectivity index (χ0v) is 10.7. The standard InChI is InChI=1S/C15H26/c1-14(2)7-4-5-11-9-15(3)8-6-12(10-15)13(11)14/h11-13H,4-10H2,1-3H3. The quantitative estimate of drug-likeness (QED) is 0.541. The average molecular weight is 206 g/mol. The second-order valence-electron chi connectivity index (χ2n) is 7.68. The molecular formula is C15H26. The second kappa shape index (κ2) is 3.02. The van der Waals surface area contributed by atoms with Crippen LogP contribution in [-0.2, 0) is 0 Å². The Morgan fingerprint density at radius 2 is 1.53 bits per heavy atom. The van der Waals surface area contributed by atoms with Crippen molar-refractivity contribution in [2.45, 2.75) is 65.7 Å². The SMILES string of the molecule is CC12CCC(C1)C1C(CCCC1(C)C)C2. The minimum atomic E-state index is 0.652. The Morgan fingerprint density at radius 1 is 0.867 bits per heavy atom. The lowest BCUT2D eigenvalue weighted by molar-refractivity contribution is -0.0223. The largest absolute Gasteiger partial charge is 0.0596 e. The molecule has 0 N–H and O–H groups in total. The molecule has 0 aromatic carbocycles. The Morgan fingerprint density at radius 3 is 2.27 bits per heavy atom. The molecule has 15 heavy (non-hydrogen) atoms. The minimum Gasteiger partial charge on any atom is -0.0596 e. The summed E-state index contributed by atoms with van der Waals surface area (Å²) < 4.78 is 0. The van der Waals surface area contributed by atoms with Gasteiger partial charge in [0.2, 0.25) is 0 Å². The van der Waals surface area contributed by atoms with Crippen molar-refractivity contribution in [3.8, 4) is 0 Å². The lowest BCUT2D eigenvalue weighted by atomic mass is 9.53. The molecule has 3 fully saturated rings. The van der Waals surface area contributed by atoms with Crippen molar-refractivity contribution in [3.63, 3.8) is 0 Å². The Bertz CT molecular complexity index is 265. The predicted molar refractivity (Wildman–Crippen MR) is 64.7 cm³/mol. The first-order valence-electron chi connectivity index (χ1n) is 7.00. The average Bonchev–Trinajstić information content (AvgIpc) is 2.40. The zero-order valence-electron chi connectivity index (χ0n) is 10.7. The Balaban J connectivity index is 1.91. The summed E-state index contributed by atoms with van der Waals surface area (Å²) >= 11 is 0. The van der Waals surface area contributed by atoms with Crippen LogP contribution in [0.25, 0.3) is 0 Å². The summed E-state index contributed by atoms with van der Waals surface area (Å²) in [4.78, 5) is 0. The van der Waals surface area contributed by atoms with Crippen LogP contribution in [0.15, 0.2) is 0 Å². The van der Waals surface area contributed by atoms with E-state index in [-0.39, 0.29) is 0 Å². The van der Waals surface area contributed by atoms with E-state index in [0.29, 0.717) is 5.41 Å². The minimum absolute atomic E-state index is 0.652. The molecule has 0 aliphatic heterocycles. The van der Waals surface area contributed by atoms with Gasteiger partial charge in [-0.25, -0.2) is 0 Å². The summed E-state index contributed by atoms with van der Waals surface area (Å²) in [6, 6.07) is 0. The molecule has 0 nitrogen and oxygen atoms in total. The molecule has 3 aliphatic rings. The van der Waals surface area contributed by atoms with Crippen LogP contribution in [0.5, 0.6) is 0 Å². The fraction of sp³-hybridized carbons (Fsp3) is 1.00. The molecule has 0 saturated heterocycles. The number of hydrogen-bond donors (Lipinski definition) is 0. The van der Waals surface area contributed by atoms with Crippen LogP contribution in [0.2, 0.25) is 0 Å². The predicted octanol–water partition coefficient (Wildman–Crippen LogP) is 4.64. The van der Waals surface area contributed by atoms with Gasteiger partial charge in [-0.1, -0.05) is 33.6 Å². The fourth-order valence-corrected chi connectivity index (χ4v) is 5.55. The van der Waals surface area contributed by atoms with Gasteiger partial charge in [0, 0.05) is 0 Å². The molecule has 3 aliphatic carbocycles. The van der Waals surface area contributed by atoms with Crippen LogP contribution in [0.3, 0.4) is 0 Å². The van der Waals surface area contributed by atoms with E-state index in [1.54, 1.807) is 25.7 Å². The maximum Gasteiger partial charge on any atom is -0.0306 e. The van der Waals surface area contributed by atoms with Crippen LogP contribution < -0.4 is 0 Å². The molecule has 0 heterocycles. The summed E-state index contributed by atoms with van der Waals surface area (Å²) in [7, 11) is 0. The third-order valence-corrected chi connectivity index (χ3v) is 5.94. The Hall–Kier alpha value is 0. The molecule has 86 valence electrons. The molecule has 0 aromatic rings. The molecule has 0 heteroatoms. The first kappa shape index (κ1) is 10.2. The molecule has 0 radical (unpaired) electrons. The highest BCUT2D eigenvalue weighted by atomic mass is 14.6. The van der Waals surface area contributed by atoms with Gasteiger partial charge in [0.1, 0.15) is 0 Å². The molecule has 0 spiro atoms. The number of rotatable bonds is 0. The third-order valence-electron chi connectivity index (χ3n) is 5.94. The van der Waals surface area contributed by atoms with Crippen molar-refractivity contribution in [3.05, 3.63) is 0 Å². The smallest absolute Gasteiger partial charge is 0.0306 e. The van der Waals surface area contributed by atoms with Crippen molar-refractivity contribution >= 4 is 0 Å². The van der Waals surface area contributed by atoms with Crippen molar-refractivity contribution in [1.82, 2.24) is 0 Å². The Labute approximate surface area is 94.8 Å². The normalized spacial score (nSPS) is 52.6. The van der Waals surface area contributed by atoms with E-state index in [9.17, 15) is 0 Å². The number of hydrogen-bond acceptors (Lipinski definition) is 0. The van der Waals surface area contributed by atoms with Crippen LogP contribution in [-0.4, -0.2) is 0 Å². The molecule has 0 amide bonds. The first-order chi connectivity index (χ1) is 7.00. The summed E-state index contributed by atoms with van der Waals surface area (Å²) in [6.07, 6.45) is 10.7. The van der Waals surface area contributed by atoms with E-state index >= 15 is 0 Å². The van der Waals surface area contributed by atoms with Crippen LogP contribution in [0.1, 0.15) is 65.7 Å². The van der Waals surface area contributed by atoms with Gasteiger partial charge in [-0.3, -0.25) is 0 Å². The van der Waals surface area contributed by atoms with Gasteiger partial charge < -0.3 is 0 Å². The maximum absolute atomic E-state index is 2.56. The second-order valence-corrected chi connectivity index (χ2v) is 7.68. The zero-order chi connectivity index (χ0) is 10.7. The van der Waals surface area contributed by atoms with Crippen LogP contribution in [0, 0.1) is 28.6 Å². The van der Waals surface area contributed by atoms with Crippen LogP contribution in [0.4, 0.5) is 0 Å². The monoisotopic (exact) mass is 206 g/mol. The van der Waals surface area contributed by atoms with Gasteiger partial charge in [0.25, 0.3) is 0 Å². The van der Waals surface area contributed by atoms with Gasteiger partial charge in [-0.05, 0) is 60.7 Å². The molecule has 3 saturated carbocycles. The van der Waals surface area contributed by atoms with E-state index in [4.69, 9.17) is 0 Å². The van der Waals surface area contributed by atoms with Crippen LogP contribution >= 0.6 is 0 Å². The third kappa shape index (κ3) is 1.47. The van der Waals surface area contributed by atoms with E-state index in [1.165, 1.54) is 19.3 Å². The van der Waals surface area contributed by atoms with Gasteiger partial charge in [0.15, 0.2) is 0 Å². The van der Waals surface area contributed by atoms with Gasteiger partial charge >= 0.3 is 0 Å². The van der Waals surface area contributed by atoms with E-state index in [1.807, 2.05) is 0 Å². The summed E-state index contributed by atoms with van der Waals surface area (Å²) in [5.74, 6) is 3.24. The maximum atomic E-state index is 2.56. The molecule has 2 bridgehead atoms. The lowest BCUT2D eigenvalue weighted by Crippen LogP contribution is -2.43. The topological polar surface area (TPSA) is 0 Å². The highest BCUT2D eigenvalue weighted by molar-refractivity contribution is 5.03. The summed E-state index contributed by atoms with van der Waals surface area (Å²) in [5, 5.41) is 0. The van der Waals surface area contributed by atoms with Gasteiger partial charge in [-0.2, -0.15) is 0 Å². The van der Waals surface area contributed by atoms with Gasteiger partial charge in [0.05, 0.1) is 0 Å². The number of fused-ring (bicyclic) bond motifs is 4. The molecule has 0 aromatic heterocycles. The highest BCUT2D eigenvalue weighted by Gasteiger charge is 2.53. The Kier molecular flexibility index (Phi) is 2.05. The summed E-state index contributed by atoms with van der Waals surface area (Å²) in [6.45, 7) is 7.65. The van der Waals surface area contributed by atoms with Gasteiger partial charge in [-0.15, -0.1) is 0 Å². The van der Waals surface area contributed by atoms with Crippen molar-refractivity contribution in [2.75, 3.05) is 0 Å². The molecular weight excluding hydrogens is 180 g/mol. The van der Waals surface area contributed by atoms with E-state index in [0.717, 1.165) is 23.2 Å². The molecule has 3 rings (SSSR count). The first-order valence-corrected chi connectivity index (χ1v) is 7.00. The van der Waals surface area contributed by atoms with Crippen molar-refractivity contribution < 1.29 is 0 Å². The van der Waals surface area contributed by atoms with Crippen molar-refractivity contribution in [2.24, 2.45) is 28.6 Å². The highest BCUT2D eigenvalue weighted by Crippen LogP contribution is 2.63. The van der Waals surface area contributed by atoms with Crippen molar-refractivity contribution in [1.29, 1.82) is 0 Å². The summed E-state index contributed by atoms with van der Waals surface area (Å²) in [5.41, 5.74) is 1.40. The molecule has 4 atom stereocenters. The fourth-order valence-electron chi connectivity index (χ4n) is 5.55.